The van der Waals surface area contributed by atoms with E-state index in [1.54, 1.807) is 18.6 Å². The molecule has 0 saturated heterocycles. The summed E-state index contributed by atoms with van der Waals surface area (Å²) in [6, 6.07) is 30.0. The van der Waals surface area contributed by atoms with Crippen LogP contribution in [0.2, 0.25) is 0 Å². The number of carbonyl (C=O) groups is 1. The normalized spacial score (nSPS) is 12.5. The number of pyridine rings is 1. The first kappa shape index (κ1) is 23.1. The fraction of sp³-hybridized carbons (Fsp3) is 0.0968. The van der Waals surface area contributed by atoms with E-state index >= 15 is 0 Å². The minimum Gasteiger partial charge on any atom is -0.325 e. The molecule has 2 heterocycles. The number of aromatic nitrogens is 3. The topological polar surface area (TPSA) is 67.8 Å². The fourth-order valence-corrected chi connectivity index (χ4v) is 4.48. The largest absolute Gasteiger partial charge is 0.325 e. The molecule has 2 aromatic heterocycles. The van der Waals surface area contributed by atoms with Gasteiger partial charge in [-0.25, -0.2) is 9.97 Å². The van der Waals surface area contributed by atoms with Crippen molar-refractivity contribution < 1.29 is 4.79 Å². The number of benzene rings is 3. The molecule has 5 heteroatoms. The molecule has 1 unspecified atom stereocenters. The van der Waals surface area contributed by atoms with Crippen LogP contribution in [0.3, 0.4) is 0 Å². The molecule has 0 spiro atoms. The standard InChI is InChI=1S/C31H26N4O/c1-22-18-25(16-17-34-22)23-12-14-27(15-13-23)35-30(36)31(2,26-19-32-21-33-20-26)29-11-7-6-10-28(29)24-8-4-3-5-9-24/h3-21H,1-2H3,(H,35,36). The highest BCUT2D eigenvalue weighted by molar-refractivity contribution is 6.03. The van der Waals surface area contributed by atoms with E-state index in [0.717, 1.165) is 44.8 Å². The van der Waals surface area contributed by atoms with Crippen LogP contribution in [0.15, 0.2) is 116 Å². The summed E-state index contributed by atoms with van der Waals surface area (Å²) >= 11 is 0. The quantitative estimate of drug-likeness (QED) is 0.309. The molecule has 1 N–H and O–H groups in total. The zero-order valence-electron chi connectivity index (χ0n) is 20.2. The Labute approximate surface area is 210 Å². The van der Waals surface area contributed by atoms with Crippen molar-refractivity contribution in [3.05, 3.63) is 133 Å². The smallest absolute Gasteiger partial charge is 0.239 e. The maximum atomic E-state index is 14.0. The number of nitrogens with zero attached hydrogens (tertiary/aromatic N) is 3. The predicted octanol–water partition coefficient (Wildman–Crippen LogP) is 6.46. The molecule has 0 aliphatic rings. The third kappa shape index (κ3) is 4.51. The van der Waals surface area contributed by atoms with Crippen molar-refractivity contribution in [3.8, 4) is 22.3 Å². The lowest BCUT2D eigenvalue weighted by Gasteiger charge is -2.31. The van der Waals surface area contributed by atoms with E-state index in [0.29, 0.717) is 0 Å². The van der Waals surface area contributed by atoms with Crippen molar-refractivity contribution >= 4 is 11.6 Å². The number of nitrogens with one attached hydrogen (secondary N) is 1. The Balaban J connectivity index is 1.53. The predicted molar refractivity (Wildman–Crippen MR) is 143 cm³/mol. The van der Waals surface area contributed by atoms with E-state index < -0.39 is 5.41 Å². The van der Waals surface area contributed by atoms with Crippen LogP contribution in [-0.2, 0) is 10.2 Å². The summed E-state index contributed by atoms with van der Waals surface area (Å²) in [7, 11) is 0. The molecule has 0 fully saturated rings. The zero-order valence-corrected chi connectivity index (χ0v) is 20.2. The van der Waals surface area contributed by atoms with Crippen molar-refractivity contribution in [1.29, 1.82) is 0 Å². The molecule has 0 aliphatic carbocycles. The summed E-state index contributed by atoms with van der Waals surface area (Å²) in [5, 5.41) is 3.14. The Bertz CT molecular complexity index is 1480. The molecule has 1 atom stereocenters. The highest BCUT2D eigenvalue weighted by atomic mass is 16.2. The van der Waals surface area contributed by atoms with E-state index in [9.17, 15) is 4.79 Å². The number of hydrogen-bond acceptors (Lipinski definition) is 4. The van der Waals surface area contributed by atoms with Gasteiger partial charge in [0.15, 0.2) is 0 Å². The van der Waals surface area contributed by atoms with E-state index in [1.807, 2.05) is 92.7 Å². The second kappa shape index (κ2) is 9.92. The molecule has 0 bridgehead atoms. The van der Waals surface area contributed by atoms with Gasteiger partial charge in [-0.2, -0.15) is 0 Å². The van der Waals surface area contributed by atoms with Gasteiger partial charge in [-0.15, -0.1) is 0 Å². The van der Waals surface area contributed by atoms with Crippen LogP contribution in [0.4, 0.5) is 5.69 Å². The van der Waals surface area contributed by atoms with Gasteiger partial charge in [0.05, 0.1) is 5.41 Å². The lowest BCUT2D eigenvalue weighted by molar-refractivity contribution is -0.119. The minimum absolute atomic E-state index is 0.159. The van der Waals surface area contributed by atoms with Crippen LogP contribution < -0.4 is 5.32 Å². The molecule has 176 valence electrons. The van der Waals surface area contributed by atoms with Crippen molar-refractivity contribution in [2.24, 2.45) is 0 Å². The molecule has 0 radical (unpaired) electrons. The number of amides is 1. The Morgan fingerprint density at radius 2 is 1.47 bits per heavy atom. The van der Waals surface area contributed by atoms with Gasteiger partial charge in [-0.1, -0.05) is 66.7 Å². The van der Waals surface area contributed by atoms with E-state index in [2.05, 4.69) is 32.4 Å². The highest BCUT2D eigenvalue weighted by Gasteiger charge is 2.39. The number of anilines is 1. The molecule has 5 aromatic rings. The van der Waals surface area contributed by atoms with Gasteiger partial charge in [0, 0.05) is 35.5 Å². The summed E-state index contributed by atoms with van der Waals surface area (Å²) in [5.41, 5.74) is 6.42. The van der Waals surface area contributed by atoms with Crippen molar-refractivity contribution in [1.82, 2.24) is 15.0 Å². The summed E-state index contributed by atoms with van der Waals surface area (Å²) in [5.74, 6) is -0.159. The lowest BCUT2D eigenvalue weighted by atomic mass is 9.73. The molecule has 3 aromatic carbocycles. The van der Waals surface area contributed by atoms with Gasteiger partial charge in [0.2, 0.25) is 5.91 Å². The molecular formula is C31H26N4O. The minimum atomic E-state index is -1.03. The first-order chi connectivity index (χ1) is 17.6. The van der Waals surface area contributed by atoms with Crippen LogP contribution in [0.1, 0.15) is 23.7 Å². The third-order valence-corrected chi connectivity index (χ3v) is 6.52. The van der Waals surface area contributed by atoms with Crippen molar-refractivity contribution in [2.45, 2.75) is 19.3 Å². The maximum absolute atomic E-state index is 14.0. The Kier molecular flexibility index (Phi) is 6.37. The van der Waals surface area contributed by atoms with Crippen LogP contribution in [0.25, 0.3) is 22.3 Å². The fourth-order valence-electron chi connectivity index (χ4n) is 4.48. The molecule has 0 aliphatic heterocycles. The molecule has 0 saturated carbocycles. The van der Waals surface area contributed by atoms with Crippen LogP contribution >= 0.6 is 0 Å². The SMILES string of the molecule is Cc1cc(-c2ccc(NC(=O)C(C)(c3cncnc3)c3ccccc3-c3ccccc3)cc2)ccn1. The monoisotopic (exact) mass is 470 g/mol. The van der Waals surface area contributed by atoms with E-state index in [4.69, 9.17) is 0 Å². The lowest BCUT2D eigenvalue weighted by Crippen LogP contribution is -2.39. The van der Waals surface area contributed by atoms with Gasteiger partial charge in [-0.3, -0.25) is 9.78 Å². The average molecular weight is 471 g/mol. The summed E-state index contributed by atoms with van der Waals surface area (Å²) in [6.45, 7) is 3.90. The van der Waals surface area contributed by atoms with Gasteiger partial charge in [0.25, 0.3) is 0 Å². The molecular weight excluding hydrogens is 444 g/mol. The number of rotatable bonds is 6. The highest BCUT2D eigenvalue weighted by Crippen LogP contribution is 2.39. The first-order valence-corrected chi connectivity index (χ1v) is 11.8. The first-order valence-electron chi connectivity index (χ1n) is 11.8. The third-order valence-electron chi connectivity index (χ3n) is 6.52. The molecule has 5 nitrogen and oxygen atoms in total. The second-order valence-corrected chi connectivity index (χ2v) is 8.88. The average Bonchev–Trinajstić information content (AvgIpc) is 2.94. The Hall–Kier alpha value is -4.64. The van der Waals surface area contributed by atoms with Crippen molar-refractivity contribution in [2.75, 3.05) is 5.32 Å². The second-order valence-electron chi connectivity index (χ2n) is 8.88. The van der Waals surface area contributed by atoms with Gasteiger partial charge < -0.3 is 5.32 Å². The Morgan fingerprint density at radius 3 is 2.19 bits per heavy atom. The van der Waals surface area contributed by atoms with Gasteiger partial charge in [0.1, 0.15) is 6.33 Å². The maximum Gasteiger partial charge on any atom is 0.239 e. The number of aryl methyl sites for hydroxylation is 1. The number of hydrogen-bond donors (Lipinski definition) is 1. The number of carbonyl (C=O) groups excluding carboxylic acids is 1. The van der Waals surface area contributed by atoms with Crippen LogP contribution in [0, 0.1) is 6.92 Å². The Morgan fingerprint density at radius 1 is 0.778 bits per heavy atom. The summed E-state index contributed by atoms with van der Waals surface area (Å²) in [6.07, 6.45) is 6.70. The summed E-state index contributed by atoms with van der Waals surface area (Å²) in [4.78, 5) is 26.8. The van der Waals surface area contributed by atoms with E-state index in [1.165, 1.54) is 6.33 Å². The molecule has 1 amide bonds. The van der Waals surface area contributed by atoms with Crippen LogP contribution in [-0.4, -0.2) is 20.9 Å². The zero-order chi connectivity index (χ0) is 25.0. The molecule has 36 heavy (non-hydrogen) atoms. The van der Waals surface area contributed by atoms with Gasteiger partial charge in [-0.05, 0) is 65.9 Å². The molecule has 5 rings (SSSR count). The van der Waals surface area contributed by atoms with Gasteiger partial charge >= 0.3 is 0 Å². The van der Waals surface area contributed by atoms with Crippen molar-refractivity contribution in [3.63, 3.8) is 0 Å². The summed E-state index contributed by atoms with van der Waals surface area (Å²) < 4.78 is 0. The van der Waals surface area contributed by atoms with Crippen LogP contribution in [0.5, 0.6) is 0 Å². The van der Waals surface area contributed by atoms with E-state index in [-0.39, 0.29) is 5.91 Å².